The van der Waals surface area contributed by atoms with Crippen molar-refractivity contribution in [1.82, 2.24) is 9.80 Å². The van der Waals surface area contributed by atoms with E-state index in [4.69, 9.17) is 9.47 Å². The summed E-state index contributed by atoms with van der Waals surface area (Å²) in [4.78, 5) is 4.96. The Kier molecular flexibility index (Phi) is 7.13. The predicted molar refractivity (Wildman–Crippen MR) is 111 cm³/mol. The first-order valence-corrected chi connectivity index (χ1v) is 9.91. The second-order valence-corrected chi connectivity index (χ2v) is 7.47. The molecule has 4 nitrogen and oxygen atoms in total. The van der Waals surface area contributed by atoms with Crippen LogP contribution in [0.1, 0.15) is 23.1 Å². The molecule has 146 valence electrons. The Morgan fingerprint density at radius 3 is 2.41 bits per heavy atom. The lowest BCUT2D eigenvalue weighted by Gasteiger charge is -2.32. The van der Waals surface area contributed by atoms with Gasteiger partial charge in [0.15, 0.2) is 11.5 Å². The van der Waals surface area contributed by atoms with E-state index < -0.39 is 0 Å². The van der Waals surface area contributed by atoms with Gasteiger partial charge in [0.2, 0.25) is 0 Å². The summed E-state index contributed by atoms with van der Waals surface area (Å²) in [5, 5.41) is 0. The van der Waals surface area contributed by atoms with Crippen molar-refractivity contribution in [2.75, 3.05) is 46.9 Å². The van der Waals surface area contributed by atoms with Gasteiger partial charge in [-0.15, -0.1) is 0 Å². The third kappa shape index (κ3) is 5.72. The molecule has 1 aliphatic heterocycles. The maximum Gasteiger partial charge on any atom is 0.164 e. The van der Waals surface area contributed by atoms with Gasteiger partial charge in [-0.1, -0.05) is 42.0 Å². The molecule has 27 heavy (non-hydrogen) atoms. The number of methoxy groups -OCH3 is 1. The number of likely N-dealkylation sites (N-methyl/N-ethyl adjacent to an activating group) is 1. The maximum atomic E-state index is 6.20. The van der Waals surface area contributed by atoms with Crippen molar-refractivity contribution >= 4 is 0 Å². The average molecular weight is 369 g/mol. The predicted octanol–water partition coefficient (Wildman–Crippen LogP) is 3.76. The van der Waals surface area contributed by atoms with E-state index in [1.807, 2.05) is 6.07 Å². The third-order valence-corrected chi connectivity index (χ3v) is 5.30. The molecule has 0 radical (unpaired) electrons. The maximum absolute atomic E-state index is 6.20. The van der Waals surface area contributed by atoms with Gasteiger partial charge in [-0.05, 0) is 50.6 Å². The van der Waals surface area contributed by atoms with Gasteiger partial charge in [0, 0.05) is 26.2 Å². The van der Waals surface area contributed by atoms with Crippen LogP contribution in [0.25, 0.3) is 0 Å². The molecule has 1 fully saturated rings. The largest absolute Gasteiger partial charge is 0.493 e. The highest BCUT2D eigenvalue weighted by Crippen LogP contribution is 2.32. The van der Waals surface area contributed by atoms with Crippen molar-refractivity contribution in [3.8, 4) is 11.5 Å². The zero-order chi connectivity index (χ0) is 19.1. The lowest BCUT2D eigenvalue weighted by molar-refractivity contribution is 0.153. The van der Waals surface area contributed by atoms with E-state index in [2.05, 4.69) is 60.2 Å². The van der Waals surface area contributed by atoms with Crippen LogP contribution in [0.5, 0.6) is 11.5 Å². The highest BCUT2D eigenvalue weighted by Gasteiger charge is 2.15. The first kappa shape index (κ1) is 19.7. The number of rotatable bonds is 8. The van der Waals surface area contributed by atoms with E-state index in [9.17, 15) is 0 Å². The van der Waals surface area contributed by atoms with Crippen LogP contribution in [0.4, 0.5) is 0 Å². The fourth-order valence-electron chi connectivity index (χ4n) is 3.49. The lowest BCUT2D eigenvalue weighted by Crippen LogP contribution is -2.44. The SMILES string of the molecule is COc1cccc(CCCN2CCN(C)CC2)c1OCc1ccc(C)cc1. The Balaban J connectivity index is 1.59. The van der Waals surface area contributed by atoms with E-state index >= 15 is 0 Å². The molecule has 0 aliphatic carbocycles. The lowest BCUT2D eigenvalue weighted by atomic mass is 10.1. The third-order valence-electron chi connectivity index (χ3n) is 5.30. The number of aryl methyl sites for hydroxylation is 2. The van der Waals surface area contributed by atoms with E-state index in [1.165, 1.54) is 42.9 Å². The summed E-state index contributed by atoms with van der Waals surface area (Å²) in [6, 6.07) is 14.7. The molecule has 4 heteroatoms. The Hall–Kier alpha value is -2.04. The van der Waals surface area contributed by atoms with E-state index in [-0.39, 0.29) is 0 Å². The molecule has 0 saturated carbocycles. The first-order valence-electron chi connectivity index (χ1n) is 9.91. The van der Waals surface area contributed by atoms with Crippen molar-refractivity contribution in [3.05, 3.63) is 59.2 Å². The number of nitrogens with zero attached hydrogens (tertiary/aromatic N) is 2. The van der Waals surface area contributed by atoms with Crippen LogP contribution in [0.2, 0.25) is 0 Å². The van der Waals surface area contributed by atoms with Crippen LogP contribution >= 0.6 is 0 Å². The van der Waals surface area contributed by atoms with Crippen molar-refractivity contribution in [2.24, 2.45) is 0 Å². The number of benzene rings is 2. The molecule has 0 unspecified atom stereocenters. The van der Waals surface area contributed by atoms with Crippen LogP contribution in [0.3, 0.4) is 0 Å². The van der Waals surface area contributed by atoms with E-state index in [0.717, 1.165) is 30.9 Å². The van der Waals surface area contributed by atoms with Gasteiger partial charge in [-0.3, -0.25) is 0 Å². The minimum atomic E-state index is 0.562. The van der Waals surface area contributed by atoms with Gasteiger partial charge in [-0.25, -0.2) is 0 Å². The summed E-state index contributed by atoms with van der Waals surface area (Å²) >= 11 is 0. The molecular weight excluding hydrogens is 336 g/mol. The standard InChI is InChI=1S/C23H32N2O2/c1-19-9-11-20(12-10-19)18-27-23-21(6-4-8-22(23)26-3)7-5-13-25-16-14-24(2)15-17-25/h4,6,8-12H,5,7,13-18H2,1-3H3. The molecule has 0 bridgehead atoms. The molecular formula is C23H32N2O2. The summed E-state index contributed by atoms with van der Waals surface area (Å²) in [6.45, 7) is 8.49. The van der Waals surface area contributed by atoms with Crippen molar-refractivity contribution in [3.63, 3.8) is 0 Å². The fourth-order valence-corrected chi connectivity index (χ4v) is 3.49. The first-order chi connectivity index (χ1) is 13.2. The second-order valence-electron chi connectivity index (χ2n) is 7.47. The molecule has 0 atom stereocenters. The molecule has 1 heterocycles. The van der Waals surface area contributed by atoms with Gasteiger partial charge in [0.05, 0.1) is 7.11 Å². The average Bonchev–Trinajstić information content (AvgIpc) is 2.69. The summed E-state index contributed by atoms with van der Waals surface area (Å²) in [6.07, 6.45) is 2.14. The summed E-state index contributed by atoms with van der Waals surface area (Å²) in [7, 11) is 3.91. The number of para-hydroxylation sites is 1. The molecule has 0 spiro atoms. The quantitative estimate of drug-likeness (QED) is 0.708. The van der Waals surface area contributed by atoms with E-state index in [0.29, 0.717) is 6.61 Å². The van der Waals surface area contributed by atoms with Crippen molar-refractivity contribution < 1.29 is 9.47 Å². The topological polar surface area (TPSA) is 24.9 Å². The minimum Gasteiger partial charge on any atom is -0.493 e. The Labute approximate surface area is 163 Å². The Morgan fingerprint density at radius 2 is 1.70 bits per heavy atom. The molecule has 0 amide bonds. The number of hydrogen-bond acceptors (Lipinski definition) is 4. The monoisotopic (exact) mass is 368 g/mol. The van der Waals surface area contributed by atoms with Crippen LogP contribution in [-0.2, 0) is 13.0 Å². The molecule has 2 aromatic rings. The van der Waals surface area contributed by atoms with Crippen LogP contribution in [-0.4, -0.2) is 56.7 Å². The molecule has 1 aliphatic rings. The van der Waals surface area contributed by atoms with Gasteiger partial charge in [0.25, 0.3) is 0 Å². The number of piperazine rings is 1. The number of ether oxygens (including phenoxy) is 2. The summed E-state index contributed by atoms with van der Waals surface area (Å²) in [5.74, 6) is 1.71. The minimum absolute atomic E-state index is 0.562. The zero-order valence-electron chi connectivity index (χ0n) is 16.9. The smallest absolute Gasteiger partial charge is 0.164 e. The Bertz CT molecular complexity index is 707. The van der Waals surface area contributed by atoms with Crippen molar-refractivity contribution in [1.29, 1.82) is 0 Å². The second kappa shape index (κ2) is 9.77. The van der Waals surface area contributed by atoms with Crippen LogP contribution in [0, 0.1) is 6.92 Å². The van der Waals surface area contributed by atoms with E-state index in [1.54, 1.807) is 7.11 Å². The number of hydrogen-bond donors (Lipinski definition) is 0. The van der Waals surface area contributed by atoms with Gasteiger partial charge < -0.3 is 19.3 Å². The van der Waals surface area contributed by atoms with Gasteiger partial charge >= 0.3 is 0 Å². The van der Waals surface area contributed by atoms with Gasteiger partial charge in [-0.2, -0.15) is 0 Å². The molecule has 1 saturated heterocycles. The highest BCUT2D eigenvalue weighted by molar-refractivity contribution is 5.46. The molecule has 0 aromatic heterocycles. The summed E-state index contributed by atoms with van der Waals surface area (Å²) < 4.78 is 11.8. The molecule has 3 rings (SSSR count). The zero-order valence-corrected chi connectivity index (χ0v) is 16.9. The molecule has 0 N–H and O–H groups in total. The molecule has 2 aromatic carbocycles. The highest BCUT2D eigenvalue weighted by atomic mass is 16.5. The van der Waals surface area contributed by atoms with Gasteiger partial charge in [0.1, 0.15) is 6.61 Å². The normalized spacial score (nSPS) is 15.7. The Morgan fingerprint density at radius 1 is 0.963 bits per heavy atom. The summed E-state index contributed by atoms with van der Waals surface area (Å²) in [5.41, 5.74) is 3.67. The van der Waals surface area contributed by atoms with Crippen molar-refractivity contribution in [2.45, 2.75) is 26.4 Å². The van der Waals surface area contributed by atoms with Crippen LogP contribution in [0.15, 0.2) is 42.5 Å². The fraction of sp³-hybridized carbons (Fsp3) is 0.478. The van der Waals surface area contributed by atoms with Crippen LogP contribution < -0.4 is 9.47 Å².